The first-order valence-electron chi connectivity index (χ1n) is 15.0. The minimum atomic E-state index is -1.19. The Kier molecular flexibility index (Phi) is 14.5. The zero-order valence-electron chi connectivity index (χ0n) is 26.3. The molecule has 44 heavy (non-hydrogen) atoms. The molecular formula is C36H45FN2O5. The largest absolute Gasteiger partial charge is 0.481 e. The fraction of sp³-hybridized carbons (Fsp3) is 0.333. The fourth-order valence-corrected chi connectivity index (χ4v) is 5.04. The highest BCUT2D eigenvalue weighted by Crippen LogP contribution is 2.42. The number of hydrogen-bond acceptors (Lipinski definition) is 4. The molecule has 0 saturated heterocycles. The number of aliphatic hydroxyl groups excluding tert-OH is 2. The highest BCUT2D eigenvalue weighted by molar-refractivity contribution is 6.07. The lowest BCUT2D eigenvalue weighted by Gasteiger charge is -2.20. The lowest BCUT2D eigenvalue weighted by molar-refractivity contribution is -0.139. The van der Waals surface area contributed by atoms with Crippen molar-refractivity contribution in [1.29, 1.82) is 0 Å². The second-order valence-electron chi connectivity index (χ2n) is 10.4. The van der Waals surface area contributed by atoms with Crippen LogP contribution in [-0.4, -0.2) is 44.0 Å². The van der Waals surface area contributed by atoms with Crippen LogP contribution in [0.15, 0.2) is 91.2 Å². The molecule has 0 saturated carbocycles. The van der Waals surface area contributed by atoms with E-state index in [1.54, 1.807) is 30.4 Å². The second kappa shape index (κ2) is 17.8. The van der Waals surface area contributed by atoms with Gasteiger partial charge in [-0.3, -0.25) is 9.59 Å². The molecule has 0 aliphatic carbocycles. The number of nitrogens with one attached hydrogen (secondary N) is 1. The molecule has 0 spiro atoms. The van der Waals surface area contributed by atoms with Gasteiger partial charge in [0.25, 0.3) is 5.91 Å². The zero-order chi connectivity index (χ0) is 32.8. The molecule has 236 valence electrons. The Balaban J connectivity index is 0.00000330. The van der Waals surface area contributed by atoms with E-state index in [2.05, 4.69) is 11.9 Å². The SMILES string of the molecule is C=C/C(=C\C=C/C)NC(=O)c1c(-c2ccccc2)c(-c2ccc(F)cc2)n(CC[C@@H](O)CC(O)CC(=O)O)c1C(C)C.CC. The Hall–Kier alpha value is -4.27. The van der Waals surface area contributed by atoms with Gasteiger partial charge in [0.15, 0.2) is 0 Å². The number of amides is 1. The summed E-state index contributed by atoms with van der Waals surface area (Å²) in [6.07, 6.45) is 4.39. The van der Waals surface area contributed by atoms with E-state index in [4.69, 9.17) is 5.11 Å². The third-order valence-corrected chi connectivity index (χ3v) is 6.84. The molecule has 0 bridgehead atoms. The molecule has 1 unspecified atom stereocenters. The van der Waals surface area contributed by atoms with Gasteiger partial charge in [-0.25, -0.2) is 4.39 Å². The Morgan fingerprint density at radius 3 is 2.18 bits per heavy atom. The van der Waals surface area contributed by atoms with Crippen molar-refractivity contribution in [3.05, 3.63) is 108 Å². The summed E-state index contributed by atoms with van der Waals surface area (Å²) in [4.78, 5) is 25.1. The van der Waals surface area contributed by atoms with Gasteiger partial charge in [-0.1, -0.05) is 76.8 Å². The van der Waals surface area contributed by atoms with Crippen LogP contribution >= 0.6 is 0 Å². The summed E-state index contributed by atoms with van der Waals surface area (Å²) < 4.78 is 16.0. The van der Waals surface area contributed by atoms with Crippen LogP contribution in [0, 0.1) is 5.82 Å². The molecule has 2 atom stereocenters. The number of allylic oxidation sites excluding steroid dienone is 4. The number of carbonyl (C=O) groups excluding carboxylic acids is 1. The Morgan fingerprint density at radius 2 is 1.64 bits per heavy atom. The first-order chi connectivity index (χ1) is 21.1. The standard InChI is InChI=1S/C34H39FN2O5.C2H6/c1-5-7-13-26(6-2)36-34(42)31-30(23-11-9-8-10-12-23)33(24-14-16-25(35)17-15-24)37(32(31)22(3)4)19-18-27(38)20-28(39)21-29(40)41;1-2/h5-17,22,27-28,38-39H,2,18-21H2,1,3-4H3,(H,36,42)(H,40,41);1-2H3/b7-5-,26-13+;/t27-,28?;/m1./s1. The van der Waals surface area contributed by atoms with Crippen molar-refractivity contribution in [1.82, 2.24) is 9.88 Å². The van der Waals surface area contributed by atoms with Crippen LogP contribution in [0.5, 0.6) is 0 Å². The number of hydrogen-bond donors (Lipinski definition) is 4. The molecule has 8 heteroatoms. The highest BCUT2D eigenvalue weighted by atomic mass is 19.1. The Bertz CT molecular complexity index is 1440. The van der Waals surface area contributed by atoms with Crippen molar-refractivity contribution < 1.29 is 29.3 Å². The molecule has 1 aromatic heterocycles. The van der Waals surface area contributed by atoms with Gasteiger partial charge in [0.2, 0.25) is 0 Å². The lowest BCUT2D eigenvalue weighted by Crippen LogP contribution is -2.24. The van der Waals surface area contributed by atoms with E-state index in [0.717, 1.165) is 11.3 Å². The van der Waals surface area contributed by atoms with Crippen LogP contribution in [-0.2, 0) is 11.3 Å². The number of nitrogens with zero attached hydrogens (tertiary/aromatic N) is 1. The van der Waals surface area contributed by atoms with E-state index in [1.165, 1.54) is 12.1 Å². The number of aliphatic carboxylic acids is 1. The third-order valence-electron chi connectivity index (χ3n) is 6.84. The van der Waals surface area contributed by atoms with E-state index in [0.29, 0.717) is 28.1 Å². The summed E-state index contributed by atoms with van der Waals surface area (Å²) in [6.45, 7) is 13.9. The quantitative estimate of drug-likeness (QED) is 0.143. The molecular weight excluding hydrogens is 559 g/mol. The summed E-state index contributed by atoms with van der Waals surface area (Å²) in [5.41, 5.74) is 4.51. The smallest absolute Gasteiger partial charge is 0.305 e. The summed E-state index contributed by atoms with van der Waals surface area (Å²) >= 11 is 0. The van der Waals surface area contributed by atoms with Crippen LogP contribution in [0.3, 0.4) is 0 Å². The summed E-state index contributed by atoms with van der Waals surface area (Å²) in [7, 11) is 0. The molecule has 7 nitrogen and oxygen atoms in total. The number of carboxylic acids is 1. The molecule has 0 aliphatic rings. The number of aromatic nitrogens is 1. The van der Waals surface area contributed by atoms with E-state index < -0.39 is 30.4 Å². The molecule has 1 amide bonds. The van der Waals surface area contributed by atoms with Crippen molar-refractivity contribution in [3.63, 3.8) is 0 Å². The summed E-state index contributed by atoms with van der Waals surface area (Å²) in [6, 6.07) is 15.5. The van der Waals surface area contributed by atoms with Crippen LogP contribution in [0.25, 0.3) is 22.4 Å². The van der Waals surface area contributed by atoms with Crippen LogP contribution in [0.2, 0.25) is 0 Å². The average Bonchev–Trinajstić information content (AvgIpc) is 3.35. The monoisotopic (exact) mass is 604 g/mol. The third kappa shape index (κ3) is 9.62. The number of benzene rings is 2. The molecule has 3 aromatic rings. The molecule has 0 radical (unpaired) electrons. The van der Waals surface area contributed by atoms with Gasteiger partial charge in [-0.2, -0.15) is 0 Å². The van der Waals surface area contributed by atoms with Crippen molar-refractivity contribution in [2.75, 3.05) is 0 Å². The molecule has 1 heterocycles. The van der Waals surface area contributed by atoms with Crippen molar-refractivity contribution in [3.8, 4) is 22.4 Å². The maximum absolute atomic E-state index is 14.1. The van der Waals surface area contributed by atoms with Crippen molar-refractivity contribution in [2.24, 2.45) is 0 Å². The number of aliphatic hydroxyl groups is 2. The van der Waals surface area contributed by atoms with Crippen LogP contribution in [0.4, 0.5) is 4.39 Å². The predicted molar refractivity (Wildman–Crippen MR) is 175 cm³/mol. The van der Waals surface area contributed by atoms with E-state index in [-0.39, 0.29) is 31.2 Å². The number of carboxylic acid groups (broad SMARTS) is 1. The van der Waals surface area contributed by atoms with Crippen molar-refractivity contribution in [2.45, 2.75) is 78.6 Å². The molecule has 4 N–H and O–H groups in total. The van der Waals surface area contributed by atoms with Gasteiger partial charge < -0.3 is 25.2 Å². The fourth-order valence-electron chi connectivity index (χ4n) is 5.04. The van der Waals surface area contributed by atoms with E-state index in [1.807, 2.05) is 75.6 Å². The van der Waals surface area contributed by atoms with Gasteiger partial charge in [-0.05, 0) is 73.2 Å². The van der Waals surface area contributed by atoms with Gasteiger partial charge in [0.05, 0.1) is 29.9 Å². The first kappa shape index (κ1) is 35.9. The van der Waals surface area contributed by atoms with Crippen LogP contribution < -0.4 is 5.32 Å². The molecule has 0 aliphatic heterocycles. The lowest BCUT2D eigenvalue weighted by atomic mass is 9.94. The van der Waals surface area contributed by atoms with Gasteiger partial charge in [0.1, 0.15) is 5.82 Å². The Morgan fingerprint density at radius 1 is 1.00 bits per heavy atom. The van der Waals surface area contributed by atoms with E-state index >= 15 is 0 Å². The minimum absolute atomic E-state index is 0.103. The normalized spacial score (nSPS) is 12.9. The molecule has 0 fully saturated rings. The Labute approximate surface area is 260 Å². The highest BCUT2D eigenvalue weighted by Gasteiger charge is 2.31. The second-order valence-corrected chi connectivity index (χ2v) is 10.4. The number of halogens is 1. The van der Waals surface area contributed by atoms with Gasteiger partial charge in [0, 0.05) is 23.5 Å². The number of carbonyl (C=O) groups is 2. The summed E-state index contributed by atoms with van der Waals surface area (Å²) in [5, 5.41) is 32.8. The van der Waals surface area contributed by atoms with Crippen LogP contribution in [0.1, 0.15) is 75.9 Å². The van der Waals surface area contributed by atoms with Gasteiger partial charge >= 0.3 is 5.97 Å². The van der Waals surface area contributed by atoms with E-state index in [9.17, 15) is 24.2 Å². The van der Waals surface area contributed by atoms with Gasteiger partial charge in [-0.15, -0.1) is 0 Å². The predicted octanol–water partition coefficient (Wildman–Crippen LogP) is 7.46. The maximum atomic E-state index is 14.1. The number of rotatable bonds is 14. The molecule has 3 rings (SSSR count). The average molecular weight is 605 g/mol. The topological polar surface area (TPSA) is 112 Å². The maximum Gasteiger partial charge on any atom is 0.305 e. The molecule has 2 aromatic carbocycles. The first-order valence-corrected chi connectivity index (χ1v) is 15.0. The summed E-state index contributed by atoms with van der Waals surface area (Å²) in [5.74, 6) is -2.02. The van der Waals surface area contributed by atoms with Crippen molar-refractivity contribution >= 4 is 11.9 Å². The minimum Gasteiger partial charge on any atom is -0.481 e. The zero-order valence-corrected chi connectivity index (χ0v) is 26.3.